The van der Waals surface area contributed by atoms with E-state index in [4.69, 9.17) is 16.3 Å². The molecule has 0 saturated carbocycles. The van der Waals surface area contributed by atoms with E-state index in [1.165, 1.54) is 5.69 Å². The lowest BCUT2D eigenvalue weighted by Crippen LogP contribution is -2.21. The molecule has 1 aromatic heterocycles. The number of halogens is 2. The Hall–Kier alpha value is -0.100. The Morgan fingerprint density at radius 1 is 1.39 bits per heavy atom. The van der Waals surface area contributed by atoms with E-state index in [0.29, 0.717) is 19.1 Å². The van der Waals surface area contributed by atoms with Crippen molar-refractivity contribution in [2.75, 3.05) is 25.6 Å². The molecule has 1 heterocycles. The maximum atomic E-state index is 5.53. The van der Waals surface area contributed by atoms with Crippen LogP contribution in [0, 0.1) is 0 Å². The van der Waals surface area contributed by atoms with E-state index in [1.807, 2.05) is 4.68 Å². The van der Waals surface area contributed by atoms with Crippen LogP contribution in [0.3, 0.4) is 0 Å². The minimum Gasteiger partial charge on any atom is -0.379 e. The van der Waals surface area contributed by atoms with Crippen LogP contribution in [-0.2, 0) is 24.2 Å². The minimum atomic E-state index is 0.550. The second kappa shape index (κ2) is 8.91. The van der Waals surface area contributed by atoms with Gasteiger partial charge >= 0.3 is 0 Å². The third-order valence-corrected chi connectivity index (χ3v) is 3.70. The Bertz CT molecular complexity index is 357. The highest BCUT2D eigenvalue weighted by molar-refractivity contribution is 9.10. The Kier molecular flexibility index (Phi) is 7.90. The molecule has 0 bridgehead atoms. The highest BCUT2D eigenvalue weighted by Crippen LogP contribution is 2.22. The number of aryl methyl sites for hydroxylation is 2. The summed E-state index contributed by atoms with van der Waals surface area (Å²) in [6, 6.07) is 0. The molecule has 0 spiro atoms. The number of hydrogen-bond donors (Lipinski definition) is 1. The van der Waals surface area contributed by atoms with Crippen LogP contribution in [0.15, 0.2) is 4.47 Å². The number of hydrogen-bond acceptors (Lipinski definition) is 3. The fraction of sp³-hybridized carbons (Fsp3) is 0.750. The molecule has 0 fully saturated rings. The molecule has 104 valence electrons. The molecule has 1 rings (SSSR count). The fourth-order valence-electron chi connectivity index (χ4n) is 1.69. The molecule has 0 radical (unpaired) electrons. The third kappa shape index (κ3) is 4.53. The monoisotopic (exact) mass is 337 g/mol. The van der Waals surface area contributed by atoms with Crippen molar-refractivity contribution in [1.29, 1.82) is 0 Å². The van der Waals surface area contributed by atoms with E-state index in [2.05, 4.69) is 40.2 Å². The van der Waals surface area contributed by atoms with E-state index >= 15 is 0 Å². The lowest BCUT2D eigenvalue weighted by Gasteiger charge is -2.07. The molecule has 6 heteroatoms. The summed E-state index contributed by atoms with van der Waals surface area (Å²) in [5.74, 6) is 0.550. The number of nitrogens with one attached hydrogen (secondary N) is 1. The van der Waals surface area contributed by atoms with Gasteiger partial charge in [-0.3, -0.25) is 4.68 Å². The minimum absolute atomic E-state index is 0.550. The molecule has 0 aliphatic rings. The van der Waals surface area contributed by atoms with Crippen molar-refractivity contribution < 1.29 is 4.74 Å². The van der Waals surface area contributed by atoms with Gasteiger partial charge < -0.3 is 10.1 Å². The Morgan fingerprint density at radius 2 is 2.17 bits per heavy atom. The summed E-state index contributed by atoms with van der Waals surface area (Å²) in [6.45, 7) is 8.02. The second-order valence-electron chi connectivity index (χ2n) is 3.85. The smallest absolute Gasteiger partial charge is 0.0767 e. The highest BCUT2D eigenvalue weighted by Gasteiger charge is 2.12. The van der Waals surface area contributed by atoms with Gasteiger partial charge in [-0.05, 0) is 29.3 Å². The van der Waals surface area contributed by atoms with Gasteiger partial charge in [0.15, 0.2) is 0 Å². The standard InChI is InChI=1S/C12H21BrClN3O/c1-3-10-12(13)11(17(4-2)16-10)9-15-6-8-18-7-5-14/h15H,3-9H2,1-2H3. The molecule has 0 saturated heterocycles. The molecule has 0 atom stereocenters. The molecule has 0 aliphatic carbocycles. The summed E-state index contributed by atoms with van der Waals surface area (Å²) < 4.78 is 8.47. The second-order valence-corrected chi connectivity index (χ2v) is 5.03. The molecular weight excluding hydrogens is 318 g/mol. The maximum Gasteiger partial charge on any atom is 0.0767 e. The normalized spacial score (nSPS) is 11.1. The van der Waals surface area contributed by atoms with Crippen LogP contribution in [0.4, 0.5) is 0 Å². The van der Waals surface area contributed by atoms with Gasteiger partial charge in [0.25, 0.3) is 0 Å². The number of nitrogens with zero attached hydrogens (tertiary/aromatic N) is 2. The summed E-state index contributed by atoms with van der Waals surface area (Å²) in [6.07, 6.45) is 0.944. The molecular formula is C12H21BrClN3O. The summed E-state index contributed by atoms with van der Waals surface area (Å²) in [5.41, 5.74) is 2.32. The molecule has 18 heavy (non-hydrogen) atoms. The first kappa shape index (κ1) is 16.0. The lowest BCUT2D eigenvalue weighted by atomic mass is 10.3. The molecule has 0 aromatic carbocycles. The topological polar surface area (TPSA) is 39.1 Å². The van der Waals surface area contributed by atoms with E-state index in [0.717, 1.165) is 36.2 Å². The molecule has 4 nitrogen and oxygen atoms in total. The molecule has 0 amide bonds. The molecule has 0 unspecified atom stereocenters. The first-order chi connectivity index (χ1) is 8.74. The molecule has 0 aliphatic heterocycles. The molecule has 1 N–H and O–H groups in total. The van der Waals surface area contributed by atoms with Crippen LogP contribution in [-0.4, -0.2) is 35.4 Å². The molecule has 1 aromatic rings. The predicted molar refractivity (Wildman–Crippen MR) is 78.2 cm³/mol. The number of alkyl halides is 1. The zero-order valence-corrected chi connectivity index (χ0v) is 13.4. The van der Waals surface area contributed by atoms with Gasteiger partial charge in [0.1, 0.15) is 0 Å². The number of ether oxygens (including phenoxy) is 1. The SMILES string of the molecule is CCc1nn(CC)c(CNCCOCCCl)c1Br. The van der Waals surface area contributed by atoms with E-state index in [-0.39, 0.29) is 0 Å². The van der Waals surface area contributed by atoms with Crippen molar-refractivity contribution in [2.24, 2.45) is 0 Å². The predicted octanol–water partition coefficient (Wildman–Crippen LogP) is 2.57. The van der Waals surface area contributed by atoms with Crippen molar-refractivity contribution in [3.8, 4) is 0 Å². The third-order valence-electron chi connectivity index (χ3n) is 2.63. The van der Waals surface area contributed by atoms with Crippen molar-refractivity contribution in [3.05, 3.63) is 15.9 Å². The quantitative estimate of drug-likeness (QED) is 0.555. The summed E-state index contributed by atoms with van der Waals surface area (Å²) >= 11 is 9.15. The number of aromatic nitrogens is 2. The van der Waals surface area contributed by atoms with E-state index < -0.39 is 0 Å². The van der Waals surface area contributed by atoms with Crippen LogP contribution in [0.25, 0.3) is 0 Å². The van der Waals surface area contributed by atoms with Gasteiger partial charge in [-0.2, -0.15) is 5.10 Å². The Labute approximate surface area is 122 Å². The van der Waals surface area contributed by atoms with Gasteiger partial charge in [0, 0.05) is 25.5 Å². The number of rotatable bonds is 9. The largest absolute Gasteiger partial charge is 0.379 e. The fourth-order valence-corrected chi connectivity index (χ4v) is 2.51. The average molecular weight is 339 g/mol. The maximum absolute atomic E-state index is 5.53. The van der Waals surface area contributed by atoms with Crippen LogP contribution in [0.2, 0.25) is 0 Å². The van der Waals surface area contributed by atoms with Crippen LogP contribution >= 0.6 is 27.5 Å². The van der Waals surface area contributed by atoms with Crippen LogP contribution in [0.1, 0.15) is 25.2 Å². The van der Waals surface area contributed by atoms with E-state index in [9.17, 15) is 0 Å². The van der Waals surface area contributed by atoms with Gasteiger partial charge in [-0.15, -0.1) is 11.6 Å². The van der Waals surface area contributed by atoms with Crippen molar-refractivity contribution >= 4 is 27.5 Å². The summed E-state index contributed by atoms with van der Waals surface area (Å²) in [4.78, 5) is 0. The first-order valence-corrected chi connectivity index (χ1v) is 7.65. The lowest BCUT2D eigenvalue weighted by molar-refractivity contribution is 0.150. The highest BCUT2D eigenvalue weighted by atomic mass is 79.9. The zero-order valence-electron chi connectivity index (χ0n) is 11.0. The Morgan fingerprint density at radius 3 is 2.78 bits per heavy atom. The summed E-state index contributed by atoms with van der Waals surface area (Å²) in [5, 5.41) is 7.91. The van der Waals surface area contributed by atoms with Gasteiger partial charge in [-0.25, -0.2) is 0 Å². The van der Waals surface area contributed by atoms with Crippen LogP contribution in [0.5, 0.6) is 0 Å². The average Bonchev–Trinajstić information content (AvgIpc) is 2.70. The van der Waals surface area contributed by atoms with Gasteiger partial charge in [0.05, 0.1) is 29.1 Å². The van der Waals surface area contributed by atoms with E-state index in [1.54, 1.807) is 0 Å². The first-order valence-electron chi connectivity index (χ1n) is 6.33. The zero-order chi connectivity index (χ0) is 13.4. The van der Waals surface area contributed by atoms with Crippen molar-refractivity contribution in [3.63, 3.8) is 0 Å². The van der Waals surface area contributed by atoms with Gasteiger partial charge in [0.2, 0.25) is 0 Å². The van der Waals surface area contributed by atoms with Crippen molar-refractivity contribution in [2.45, 2.75) is 33.4 Å². The summed E-state index contributed by atoms with van der Waals surface area (Å²) in [7, 11) is 0. The van der Waals surface area contributed by atoms with Crippen LogP contribution < -0.4 is 5.32 Å². The van der Waals surface area contributed by atoms with Crippen molar-refractivity contribution in [1.82, 2.24) is 15.1 Å². The Balaban J connectivity index is 2.43. The van der Waals surface area contributed by atoms with Gasteiger partial charge in [-0.1, -0.05) is 6.92 Å².